The highest BCUT2D eigenvalue weighted by atomic mass is 35.5. The Labute approximate surface area is 125 Å². The van der Waals surface area contributed by atoms with Crippen LogP contribution in [0, 0.1) is 0 Å². The Morgan fingerprint density at radius 1 is 1.38 bits per heavy atom. The fourth-order valence-corrected chi connectivity index (χ4v) is 2.22. The van der Waals surface area contributed by atoms with Gasteiger partial charge in [0.25, 0.3) is 11.8 Å². The van der Waals surface area contributed by atoms with E-state index >= 15 is 0 Å². The first-order chi connectivity index (χ1) is 9.86. The van der Waals surface area contributed by atoms with Crippen LogP contribution in [0.2, 0.25) is 5.02 Å². The number of benzene rings is 1. The van der Waals surface area contributed by atoms with E-state index in [-0.39, 0.29) is 34.2 Å². The van der Waals surface area contributed by atoms with Gasteiger partial charge in [0.2, 0.25) is 0 Å². The molecule has 1 aromatic rings. The molecule has 21 heavy (non-hydrogen) atoms. The van der Waals surface area contributed by atoms with E-state index in [4.69, 9.17) is 21.4 Å². The molecule has 1 N–H and O–H groups in total. The molecule has 2 amide bonds. The summed E-state index contributed by atoms with van der Waals surface area (Å²) in [6.45, 7) is 3.45. The maximum Gasteiger partial charge on any atom is 0.339 e. The number of carbonyl (C=O) groups is 3. The van der Waals surface area contributed by atoms with Gasteiger partial charge in [-0.3, -0.25) is 9.59 Å². The largest absolute Gasteiger partial charge is 0.493 e. The van der Waals surface area contributed by atoms with Gasteiger partial charge >= 0.3 is 5.97 Å². The van der Waals surface area contributed by atoms with Crippen molar-refractivity contribution < 1.29 is 24.2 Å². The zero-order valence-electron chi connectivity index (χ0n) is 11.3. The lowest BCUT2D eigenvalue weighted by Gasteiger charge is -2.18. The summed E-state index contributed by atoms with van der Waals surface area (Å²) in [7, 11) is 0. The highest BCUT2D eigenvalue weighted by Crippen LogP contribution is 2.36. The van der Waals surface area contributed by atoms with Gasteiger partial charge in [0, 0.05) is 17.7 Å². The van der Waals surface area contributed by atoms with Crippen LogP contribution in [0.25, 0.3) is 0 Å². The van der Waals surface area contributed by atoms with Crippen molar-refractivity contribution in [2.45, 2.75) is 13.8 Å². The number of carboxylic acids is 1. The molecule has 0 atom stereocenters. The lowest BCUT2D eigenvalue weighted by Crippen LogP contribution is -2.31. The van der Waals surface area contributed by atoms with Crippen molar-refractivity contribution in [2.24, 2.45) is 0 Å². The summed E-state index contributed by atoms with van der Waals surface area (Å²) >= 11 is 6.02. The third kappa shape index (κ3) is 2.62. The smallest absolute Gasteiger partial charge is 0.339 e. The van der Waals surface area contributed by atoms with Crippen LogP contribution in [0.15, 0.2) is 23.8 Å². The minimum Gasteiger partial charge on any atom is -0.493 e. The molecule has 0 radical (unpaired) electrons. The van der Waals surface area contributed by atoms with E-state index in [1.807, 2.05) is 0 Å². The first-order valence-corrected chi connectivity index (χ1v) is 6.51. The number of carboxylic acid groups (broad SMARTS) is 1. The average molecular weight is 310 g/mol. The number of rotatable bonds is 4. The Hall–Kier alpha value is -2.34. The Morgan fingerprint density at radius 2 is 2.05 bits per heavy atom. The normalized spacial score (nSPS) is 14.4. The van der Waals surface area contributed by atoms with Crippen molar-refractivity contribution in [2.75, 3.05) is 11.5 Å². The fraction of sp³-hybridized carbons (Fsp3) is 0.214. The van der Waals surface area contributed by atoms with Gasteiger partial charge in [-0.25, -0.2) is 9.69 Å². The zero-order valence-corrected chi connectivity index (χ0v) is 12.1. The van der Waals surface area contributed by atoms with Crippen LogP contribution in [0.3, 0.4) is 0 Å². The molecule has 0 aromatic heterocycles. The van der Waals surface area contributed by atoms with Gasteiger partial charge in [0.05, 0.1) is 17.3 Å². The van der Waals surface area contributed by atoms with Crippen LogP contribution in [0.5, 0.6) is 5.75 Å². The van der Waals surface area contributed by atoms with Crippen LogP contribution in [0.4, 0.5) is 5.69 Å². The van der Waals surface area contributed by atoms with Gasteiger partial charge in [-0.1, -0.05) is 11.6 Å². The van der Waals surface area contributed by atoms with E-state index in [1.54, 1.807) is 6.92 Å². The molecule has 0 saturated heterocycles. The first-order valence-electron chi connectivity index (χ1n) is 6.13. The highest BCUT2D eigenvalue weighted by molar-refractivity contribution is 6.38. The topological polar surface area (TPSA) is 83.9 Å². The van der Waals surface area contributed by atoms with Crippen molar-refractivity contribution >= 4 is 35.1 Å². The number of amides is 2. The van der Waals surface area contributed by atoms with E-state index in [2.05, 4.69) is 0 Å². The van der Waals surface area contributed by atoms with Gasteiger partial charge < -0.3 is 9.84 Å². The number of ether oxygens (including phenoxy) is 1. The van der Waals surface area contributed by atoms with E-state index in [9.17, 15) is 14.4 Å². The molecule has 0 aliphatic carbocycles. The molecule has 0 saturated carbocycles. The van der Waals surface area contributed by atoms with Crippen LogP contribution >= 0.6 is 11.6 Å². The molecule has 2 rings (SSSR count). The Morgan fingerprint density at radius 3 is 2.52 bits per heavy atom. The van der Waals surface area contributed by atoms with E-state index in [0.717, 1.165) is 4.90 Å². The van der Waals surface area contributed by atoms with Crippen molar-refractivity contribution in [1.29, 1.82) is 0 Å². The molecular weight excluding hydrogens is 298 g/mol. The average Bonchev–Trinajstić information content (AvgIpc) is 2.65. The second kappa shape index (κ2) is 5.57. The van der Waals surface area contributed by atoms with Gasteiger partial charge in [-0.05, 0) is 19.9 Å². The SMILES string of the molecule is CCOc1cc(N2C(=O)C=C(C)C2=O)c(Cl)cc1C(=O)O. The minimum absolute atomic E-state index is 0.0133. The Bertz CT molecular complexity index is 680. The molecule has 7 heteroatoms. The number of hydrogen-bond acceptors (Lipinski definition) is 4. The van der Waals surface area contributed by atoms with Crippen LogP contribution in [-0.4, -0.2) is 29.5 Å². The third-order valence-electron chi connectivity index (χ3n) is 2.92. The van der Waals surface area contributed by atoms with Gasteiger partial charge in [0.1, 0.15) is 11.3 Å². The standard InChI is InChI=1S/C14H12ClNO5/c1-3-21-11-6-10(9(15)5-8(11)14(19)20)16-12(17)4-7(2)13(16)18/h4-6H,3H2,1-2H3,(H,19,20). The number of hydrogen-bond donors (Lipinski definition) is 1. The highest BCUT2D eigenvalue weighted by Gasteiger charge is 2.32. The third-order valence-corrected chi connectivity index (χ3v) is 3.22. The van der Waals surface area contributed by atoms with E-state index in [1.165, 1.54) is 25.1 Å². The van der Waals surface area contributed by atoms with Crippen LogP contribution in [-0.2, 0) is 9.59 Å². The second-order valence-electron chi connectivity index (χ2n) is 4.34. The summed E-state index contributed by atoms with van der Waals surface area (Å²) in [5, 5.41) is 9.11. The van der Waals surface area contributed by atoms with Crippen molar-refractivity contribution in [3.05, 3.63) is 34.4 Å². The summed E-state index contributed by atoms with van der Waals surface area (Å²) in [5.41, 5.74) is 0.263. The predicted molar refractivity (Wildman–Crippen MR) is 75.8 cm³/mol. The van der Waals surface area contributed by atoms with Gasteiger partial charge in [0.15, 0.2) is 0 Å². The number of nitrogens with zero attached hydrogens (tertiary/aromatic N) is 1. The Balaban J connectivity index is 2.55. The number of anilines is 1. The molecule has 110 valence electrons. The summed E-state index contributed by atoms with van der Waals surface area (Å²) in [5.74, 6) is -2.17. The Kier molecular flexibility index (Phi) is 3.99. The predicted octanol–water partition coefficient (Wildman–Crippen LogP) is 2.26. The maximum absolute atomic E-state index is 12.0. The van der Waals surface area contributed by atoms with Crippen LogP contribution < -0.4 is 9.64 Å². The summed E-state index contributed by atoms with van der Waals surface area (Å²) in [6.07, 6.45) is 1.20. The molecule has 1 aliphatic heterocycles. The molecule has 1 aromatic carbocycles. The summed E-state index contributed by atoms with van der Waals surface area (Å²) < 4.78 is 5.25. The summed E-state index contributed by atoms with van der Waals surface area (Å²) in [6, 6.07) is 2.45. The molecule has 0 bridgehead atoms. The molecular formula is C14H12ClNO5. The quantitative estimate of drug-likeness (QED) is 0.862. The zero-order chi connectivity index (χ0) is 15.7. The van der Waals surface area contributed by atoms with Gasteiger partial charge in [-0.15, -0.1) is 0 Å². The number of carbonyl (C=O) groups excluding carboxylic acids is 2. The van der Waals surface area contributed by atoms with Crippen molar-refractivity contribution in [1.82, 2.24) is 0 Å². The maximum atomic E-state index is 12.0. The lowest BCUT2D eigenvalue weighted by molar-refractivity contribution is -0.120. The molecule has 6 nitrogen and oxygen atoms in total. The number of halogens is 1. The number of imide groups is 1. The second-order valence-corrected chi connectivity index (χ2v) is 4.75. The van der Waals surface area contributed by atoms with Crippen LogP contribution in [0.1, 0.15) is 24.2 Å². The monoisotopic (exact) mass is 309 g/mol. The van der Waals surface area contributed by atoms with Gasteiger partial charge in [-0.2, -0.15) is 0 Å². The molecule has 1 aliphatic rings. The van der Waals surface area contributed by atoms with E-state index < -0.39 is 17.8 Å². The molecule has 0 spiro atoms. The molecule has 1 heterocycles. The first kappa shape index (κ1) is 15.1. The minimum atomic E-state index is -1.21. The van der Waals surface area contributed by atoms with Crippen molar-refractivity contribution in [3.63, 3.8) is 0 Å². The number of aromatic carboxylic acids is 1. The lowest BCUT2D eigenvalue weighted by atomic mass is 10.1. The molecule has 0 fully saturated rings. The summed E-state index contributed by atoms with van der Waals surface area (Å²) in [4.78, 5) is 35.9. The van der Waals surface area contributed by atoms with E-state index in [0.29, 0.717) is 0 Å². The molecule has 0 unspecified atom stereocenters. The fourth-order valence-electron chi connectivity index (χ4n) is 1.97. The van der Waals surface area contributed by atoms with Crippen molar-refractivity contribution in [3.8, 4) is 5.75 Å².